The minimum absolute atomic E-state index is 0.157. The van der Waals surface area contributed by atoms with E-state index in [1.54, 1.807) is 20.8 Å². The van der Waals surface area contributed by atoms with Gasteiger partial charge in [0.1, 0.15) is 17.5 Å². The van der Waals surface area contributed by atoms with Crippen molar-refractivity contribution in [3.05, 3.63) is 0 Å². The SMILES string of the molecule is CC(C)(C)C(=O)OCC1C2CC3C(O2)C1OS3(=O)=O. The lowest BCUT2D eigenvalue weighted by Crippen LogP contribution is -2.38. The molecule has 0 N–H and O–H groups in total. The highest BCUT2D eigenvalue weighted by molar-refractivity contribution is 7.87. The van der Waals surface area contributed by atoms with Gasteiger partial charge in [0.25, 0.3) is 10.1 Å². The topological polar surface area (TPSA) is 78.9 Å². The normalized spacial score (nSPS) is 42.6. The molecule has 0 aromatic heterocycles. The van der Waals surface area contributed by atoms with Gasteiger partial charge in [-0.15, -0.1) is 0 Å². The zero-order valence-electron chi connectivity index (χ0n) is 11.2. The van der Waals surface area contributed by atoms with Crippen molar-refractivity contribution in [3.63, 3.8) is 0 Å². The quantitative estimate of drug-likeness (QED) is 0.543. The lowest BCUT2D eigenvalue weighted by atomic mass is 9.87. The lowest BCUT2D eigenvalue weighted by molar-refractivity contribution is -0.155. The van der Waals surface area contributed by atoms with Crippen molar-refractivity contribution in [1.82, 2.24) is 0 Å². The number of rotatable bonds is 2. The molecule has 19 heavy (non-hydrogen) atoms. The van der Waals surface area contributed by atoms with Crippen LogP contribution in [0.3, 0.4) is 0 Å². The smallest absolute Gasteiger partial charge is 0.311 e. The highest BCUT2D eigenvalue weighted by Gasteiger charge is 2.65. The first-order valence-corrected chi connectivity index (χ1v) is 7.92. The molecule has 108 valence electrons. The Bertz CT molecular complexity index is 505. The van der Waals surface area contributed by atoms with E-state index in [0.717, 1.165) is 0 Å². The molecule has 0 aliphatic carbocycles. The summed E-state index contributed by atoms with van der Waals surface area (Å²) in [7, 11) is -3.50. The Morgan fingerprint density at radius 1 is 1.32 bits per heavy atom. The molecule has 6 nitrogen and oxygen atoms in total. The van der Waals surface area contributed by atoms with E-state index in [1.807, 2.05) is 0 Å². The summed E-state index contributed by atoms with van der Waals surface area (Å²) in [6.07, 6.45) is -0.596. The Kier molecular flexibility index (Phi) is 2.75. The average molecular weight is 290 g/mol. The maximum absolute atomic E-state index is 11.7. The largest absolute Gasteiger partial charge is 0.465 e. The zero-order chi connectivity index (χ0) is 14.0. The van der Waals surface area contributed by atoms with Crippen molar-refractivity contribution in [2.75, 3.05) is 6.61 Å². The second-order valence-corrected chi connectivity index (χ2v) is 8.26. The molecule has 0 spiro atoms. The van der Waals surface area contributed by atoms with E-state index in [-0.39, 0.29) is 30.7 Å². The predicted molar refractivity (Wildman–Crippen MR) is 64.8 cm³/mol. The molecule has 3 heterocycles. The van der Waals surface area contributed by atoms with Gasteiger partial charge in [-0.25, -0.2) is 0 Å². The average Bonchev–Trinajstić information content (AvgIpc) is 2.86. The zero-order valence-corrected chi connectivity index (χ0v) is 12.0. The third kappa shape index (κ3) is 1.98. The van der Waals surface area contributed by atoms with E-state index in [2.05, 4.69) is 0 Å². The summed E-state index contributed by atoms with van der Waals surface area (Å²) in [6.45, 7) is 5.49. The fourth-order valence-electron chi connectivity index (χ4n) is 2.95. The van der Waals surface area contributed by atoms with Crippen molar-refractivity contribution < 1.29 is 26.9 Å². The number of ether oxygens (including phenoxy) is 2. The van der Waals surface area contributed by atoms with E-state index >= 15 is 0 Å². The van der Waals surface area contributed by atoms with Gasteiger partial charge in [0.05, 0.1) is 18.1 Å². The molecule has 3 saturated heterocycles. The number of carbonyl (C=O) groups is 1. The molecule has 0 radical (unpaired) electrons. The molecule has 5 atom stereocenters. The summed E-state index contributed by atoms with van der Waals surface area (Å²) in [4.78, 5) is 11.7. The summed E-state index contributed by atoms with van der Waals surface area (Å²) in [5.74, 6) is -0.475. The van der Waals surface area contributed by atoms with Crippen molar-refractivity contribution >= 4 is 16.1 Å². The third-order valence-electron chi connectivity index (χ3n) is 4.02. The van der Waals surface area contributed by atoms with Crippen LogP contribution in [0.1, 0.15) is 27.2 Å². The maximum atomic E-state index is 11.7. The van der Waals surface area contributed by atoms with Gasteiger partial charge < -0.3 is 9.47 Å². The van der Waals surface area contributed by atoms with Crippen molar-refractivity contribution in [1.29, 1.82) is 0 Å². The minimum Gasteiger partial charge on any atom is -0.465 e. The van der Waals surface area contributed by atoms with Crippen molar-refractivity contribution in [2.45, 2.75) is 50.8 Å². The molecule has 0 amide bonds. The first-order valence-electron chi connectivity index (χ1n) is 6.45. The monoisotopic (exact) mass is 290 g/mol. The Morgan fingerprint density at radius 2 is 2.00 bits per heavy atom. The van der Waals surface area contributed by atoms with Gasteiger partial charge >= 0.3 is 5.97 Å². The van der Waals surface area contributed by atoms with Crippen molar-refractivity contribution in [2.24, 2.45) is 11.3 Å². The minimum atomic E-state index is -3.50. The van der Waals surface area contributed by atoms with E-state index in [0.29, 0.717) is 6.42 Å². The molecule has 7 heteroatoms. The highest BCUT2D eigenvalue weighted by Crippen LogP contribution is 2.49. The Balaban J connectivity index is 1.68. The van der Waals surface area contributed by atoms with Crippen LogP contribution in [0.2, 0.25) is 0 Å². The second-order valence-electron chi connectivity index (χ2n) is 6.48. The molecule has 3 fully saturated rings. The number of fused-ring (bicyclic) bond motifs is 1. The van der Waals surface area contributed by atoms with E-state index in [1.165, 1.54) is 0 Å². The van der Waals surface area contributed by atoms with E-state index in [9.17, 15) is 13.2 Å². The van der Waals surface area contributed by atoms with Crippen LogP contribution in [0.25, 0.3) is 0 Å². The van der Waals surface area contributed by atoms with Gasteiger partial charge in [-0.2, -0.15) is 8.42 Å². The van der Waals surface area contributed by atoms with Gasteiger partial charge in [-0.1, -0.05) is 0 Å². The van der Waals surface area contributed by atoms with Crippen LogP contribution in [0, 0.1) is 11.3 Å². The first kappa shape index (κ1) is 13.3. The van der Waals surface area contributed by atoms with Crippen LogP contribution >= 0.6 is 0 Å². The Hall–Kier alpha value is -0.660. The fraction of sp³-hybridized carbons (Fsp3) is 0.917. The van der Waals surface area contributed by atoms with Gasteiger partial charge in [-0.05, 0) is 27.2 Å². The summed E-state index contributed by atoms with van der Waals surface area (Å²) < 4.78 is 39.4. The second kappa shape index (κ2) is 3.93. The summed E-state index contributed by atoms with van der Waals surface area (Å²) in [6, 6.07) is 0. The molecule has 2 bridgehead atoms. The first-order chi connectivity index (χ1) is 8.70. The Morgan fingerprint density at radius 3 is 2.63 bits per heavy atom. The molecule has 0 aromatic carbocycles. The third-order valence-corrected chi connectivity index (χ3v) is 5.71. The summed E-state index contributed by atoms with van der Waals surface area (Å²) in [5, 5.41) is -0.530. The fourth-order valence-corrected chi connectivity index (χ4v) is 4.63. The van der Waals surface area contributed by atoms with Crippen LogP contribution in [0.4, 0.5) is 0 Å². The van der Waals surface area contributed by atoms with Crippen LogP contribution in [0.15, 0.2) is 0 Å². The highest BCUT2D eigenvalue weighted by atomic mass is 32.2. The molecule has 3 aliphatic heterocycles. The van der Waals surface area contributed by atoms with Gasteiger partial charge in [0.15, 0.2) is 0 Å². The molecular weight excluding hydrogens is 272 g/mol. The van der Waals surface area contributed by atoms with Crippen LogP contribution in [-0.4, -0.2) is 44.6 Å². The van der Waals surface area contributed by atoms with E-state index < -0.39 is 26.9 Å². The van der Waals surface area contributed by atoms with Crippen LogP contribution in [0.5, 0.6) is 0 Å². The van der Waals surface area contributed by atoms with Crippen molar-refractivity contribution in [3.8, 4) is 0 Å². The molecule has 0 saturated carbocycles. The molecule has 5 unspecified atom stereocenters. The molecule has 0 aromatic rings. The summed E-state index contributed by atoms with van der Waals surface area (Å²) >= 11 is 0. The maximum Gasteiger partial charge on any atom is 0.311 e. The predicted octanol–water partition coefficient (Wildman–Crippen LogP) is 0.460. The van der Waals surface area contributed by atoms with Crippen LogP contribution in [-0.2, 0) is 28.6 Å². The molecular formula is C12H18O6S. The number of hydrogen-bond acceptors (Lipinski definition) is 6. The van der Waals surface area contributed by atoms with Gasteiger partial charge in [0, 0.05) is 5.92 Å². The van der Waals surface area contributed by atoms with Gasteiger partial charge in [0.2, 0.25) is 0 Å². The van der Waals surface area contributed by atoms with E-state index in [4.69, 9.17) is 13.7 Å². The van der Waals surface area contributed by atoms with Gasteiger partial charge in [-0.3, -0.25) is 8.98 Å². The summed E-state index contributed by atoms with van der Waals surface area (Å²) in [5.41, 5.74) is -0.566. The number of esters is 1. The molecule has 3 rings (SSSR count). The number of carbonyl (C=O) groups excluding carboxylic acids is 1. The standard InChI is InChI=1S/C12H18O6S/c1-12(2,3)11(13)16-5-6-7-4-8-10(17-7)9(6)18-19(8,14)15/h6-10H,4-5H2,1-3H3. The number of hydrogen-bond donors (Lipinski definition) is 0. The molecule has 3 aliphatic rings. The Labute approximate surface area is 112 Å². The lowest BCUT2D eigenvalue weighted by Gasteiger charge is -2.23. The van der Waals surface area contributed by atoms with Crippen LogP contribution < -0.4 is 0 Å².